The molecular weight excluding hydrogens is 288 g/mol. The molecule has 0 aliphatic carbocycles. The maximum atomic E-state index is 12.2. The van der Waals surface area contributed by atoms with Crippen LogP contribution in [0.4, 0.5) is 0 Å². The predicted octanol–water partition coefficient (Wildman–Crippen LogP) is 0.135. The van der Waals surface area contributed by atoms with Crippen molar-refractivity contribution in [2.75, 3.05) is 0 Å². The van der Waals surface area contributed by atoms with E-state index in [1.54, 1.807) is 0 Å². The van der Waals surface area contributed by atoms with Gasteiger partial charge in [0.05, 0.1) is 6.04 Å². The third kappa shape index (κ3) is 4.05. The van der Waals surface area contributed by atoms with E-state index in [0.717, 1.165) is 11.1 Å². The number of carbonyl (C=O) groups is 3. The summed E-state index contributed by atoms with van der Waals surface area (Å²) in [6, 6.07) is 6.03. The molecule has 2 rings (SSSR count). The molecule has 1 aromatic carbocycles. The Hall–Kier alpha value is -2.41. The normalized spacial score (nSPS) is 18.1. The van der Waals surface area contributed by atoms with Gasteiger partial charge in [-0.15, -0.1) is 0 Å². The summed E-state index contributed by atoms with van der Waals surface area (Å²) in [6.45, 7) is 0.543. The topological polar surface area (TPSA) is 116 Å². The average Bonchev–Trinajstić information content (AvgIpc) is 2.50. The first kappa shape index (κ1) is 16.0. The van der Waals surface area contributed by atoms with Crippen LogP contribution >= 0.6 is 0 Å². The molecule has 118 valence electrons. The minimum absolute atomic E-state index is 0.139. The van der Waals surface area contributed by atoms with E-state index in [9.17, 15) is 14.4 Å². The fraction of sp³-hybridized carbons (Fsp3) is 0.400. The molecule has 0 fully saturated rings. The van der Waals surface area contributed by atoms with Crippen LogP contribution in [0.15, 0.2) is 24.3 Å². The third-order valence-electron chi connectivity index (χ3n) is 3.66. The van der Waals surface area contributed by atoms with Crippen molar-refractivity contribution in [2.45, 2.75) is 37.9 Å². The van der Waals surface area contributed by atoms with E-state index in [1.165, 1.54) is 0 Å². The first-order valence-electron chi connectivity index (χ1n) is 7.02. The summed E-state index contributed by atoms with van der Waals surface area (Å²) in [7, 11) is 0. The Labute approximate surface area is 127 Å². The van der Waals surface area contributed by atoms with Crippen molar-refractivity contribution < 1.29 is 24.6 Å². The van der Waals surface area contributed by atoms with Gasteiger partial charge in [0, 0.05) is 13.0 Å². The summed E-state index contributed by atoms with van der Waals surface area (Å²) < 4.78 is 0. The van der Waals surface area contributed by atoms with Gasteiger partial charge >= 0.3 is 11.9 Å². The van der Waals surface area contributed by atoms with Crippen LogP contribution in [0.2, 0.25) is 0 Å². The standard InChI is InChI=1S/C15H18N2O5/c18-13(19)6-5-11(15(21)22)17-14(20)12-7-9-3-1-2-4-10(9)8-16-12/h1-4,11-12,16H,5-8H2,(H,17,20)(H,18,19)(H,21,22)/t11?,12-/m0/s1. The van der Waals surface area contributed by atoms with E-state index in [1.807, 2.05) is 24.3 Å². The largest absolute Gasteiger partial charge is 0.481 e. The number of amides is 1. The van der Waals surface area contributed by atoms with Crippen molar-refractivity contribution in [3.8, 4) is 0 Å². The van der Waals surface area contributed by atoms with E-state index in [0.29, 0.717) is 13.0 Å². The molecule has 1 amide bonds. The average molecular weight is 306 g/mol. The number of hydrogen-bond acceptors (Lipinski definition) is 4. The summed E-state index contributed by atoms with van der Waals surface area (Å²) in [5.41, 5.74) is 2.17. The van der Waals surface area contributed by atoms with Gasteiger partial charge in [0.25, 0.3) is 0 Å². The van der Waals surface area contributed by atoms with Gasteiger partial charge in [0.1, 0.15) is 6.04 Å². The zero-order valence-electron chi connectivity index (χ0n) is 11.9. The Kier molecular flexibility index (Phi) is 5.11. The maximum absolute atomic E-state index is 12.2. The Morgan fingerprint density at radius 2 is 1.91 bits per heavy atom. The number of nitrogens with one attached hydrogen (secondary N) is 2. The lowest BCUT2D eigenvalue weighted by Crippen LogP contribution is -2.52. The number of carboxylic acid groups (broad SMARTS) is 2. The fourth-order valence-electron chi connectivity index (χ4n) is 2.44. The van der Waals surface area contributed by atoms with Crippen LogP contribution in [0.25, 0.3) is 0 Å². The molecule has 7 heteroatoms. The molecule has 4 N–H and O–H groups in total. The van der Waals surface area contributed by atoms with Gasteiger partial charge in [-0.05, 0) is 24.0 Å². The van der Waals surface area contributed by atoms with Gasteiger partial charge < -0.3 is 20.8 Å². The fourth-order valence-corrected chi connectivity index (χ4v) is 2.44. The number of fused-ring (bicyclic) bond motifs is 1. The minimum atomic E-state index is -1.23. The molecule has 1 heterocycles. The van der Waals surface area contributed by atoms with Crippen molar-refractivity contribution in [3.63, 3.8) is 0 Å². The van der Waals surface area contributed by atoms with Gasteiger partial charge in [-0.3, -0.25) is 9.59 Å². The molecule has 22 heavy (non-hydrogen) atoms. The Morgan fingerprint density at radius 3 is 2.55 bits per heavy atom. The molecule has 0 radical (unpaired) electrons. The monoisotopic (exact) mass is 306 g/mol. The van der Waals surface area contributed by atoms with Gasteiger partial charge in [-0.1, -0.05) is 24.3 Å². The molecule has 0 saturated heterocycles. The van der Waals surface area contributed by atoms with E-state index in [2.05, 4.69) is 10.6 Å². The summed E-state index contributed by atoms with van der Waals surface area (Å²) in [5.74, 6) is -2.75. The van der Waals surface area contributed by atoms with Crippen molar-refractivity contribution >= 4 is 17.8 Å². The molecular formula is C15H18N2O5. The molecule has 7 nitrogen and oxygen atoms in total. The Bertz CT molecular complexity index is 587. The molecule has 1 aliphatic heterocycles. The zero-order chi connectivity index (χ0) is 16.1. The summed E-state index contributed by atoms with van der Waals surface area (Å²) in [6.07, 6.45) is 0.0329. The third-order valence-corrected chi connectivity index (χ3v) is 3.66. The van der Waals surface area contributed by atoms with E-state index in [4.69, 9.17) is 10.2 Å². The van der Waals surface area contributed by atoms with E-state index >= 15 is 0 Å². The number of carbonyl (C=O) groups excluding carboxylic acids is 1. The molecule has 1 aromatic rings. The number of rotatable bonds is 6. The van der Waals surface area contributed by atoms with Gasteiger partial charge in [-0.2, -0.15) is 0 Å². The quantitative estimate of drug-likeness (QED) is 0.594. The first-order chi connectivity index (χ1) is 10.5. The van der Waals surface area contributed by atoms with Crippen molar-refractivity contribution in [3.05, 3.63) is 35.4 Å². The van der Waals surface area contributed by atoms with E-state index < -0.39 is 29.9 Å². The number of benzene rings is 1. The lowest BCUT2D eigenvalue weighted by Gasteiger charge is -2.26. The van der Waals surface area contributed by atoms with Crippen LogP contribution in [0.5, 0.6) is 0 Å². The number of hydrogen-bond donors (Lipinski definition) is 4. The van der Waals surface area contributed by atoms with Gasteiger partial charge in [0.2, 0.25) is 5.91 Å². The van der Waals surface area contributed by atoms with Gasteiger partial charge in [-0.25, -0.2) is 4.79 Å². The number of carboxylic acids is 2. The zero-order valence-corrected chi connectivity index (χ0v) is 11.9. The summed E-state index contributed by atoms with van der Waals surface area (Å²) in [5, 5.41) is 23.2. The molecule has 0 aromatic heterocycles. The van der Waals surface area contributed by atoms with E-state index in [-0.39, 0.29) is 12.8 Å². The first-order valence-corrected chi connectivity index (χ1v) is 7.02. The van der Waals surface area contributed by atoms with Crippen LogP contribution in [-0.2, 0) is 27.3 Å². The SMILES string of the molecule is O=C(O)CCC(NC(=O)[C@@H]1Cc2ccccc2CN1)C(=O)O. The predicted molar refractivity (Wildman–Crippen MR) is 77.2 cm³/mol. The molecule has 0 saturated carbocycles. The van der Waals surface area contributed by atoms with Crippen LogP contribution in [0, 0.1) is 0 Å². The Morgan fingerprint density at radius 1 is 1.23 bits per heavy atom. The highest BCUT2D eigenvalue weighted by atomic mass is 16.4. The van der Waals surface area contributed by atoms with Crippen LogP contribution in [0.1, 0.15) is 24.0 Å². The van der Waals surface area contributed by atoms with Crippen molar-refractivity contribution in [1.82, 2.24) is 10.6 Å². The van der Waals surface area contributed by atoms with Crippen molar-refractivity contribution in [2.24, 2.45) is 0 Å². The second-order valence-electron chi connectivity index (χ2n) is 5.24. The Balaban J connectivity index is 1.96. The maximum Gasteiger partial charge on any atom is 0.326 e. The van der Waals surface area contributed by atoms with Crippen LogP contribution < -0.4 is 10.6 Å². The summed E-state index contributed by atoms with van der Waals surface area (Å²) in [4.78, 5) is 33.8. The molecule has 1 aliphatic rings. The highest BCUT2D eigenvalue weighted by Gasteiger charge is 2.28. The molecule has 0 spiro atoms. The van der Waals surface area contributed by atoms with Crippen LogP contribution in [-0.4, -0.2) is 40.1 Å². The van der Waals surface area contributed by atoms with Gasteiger partial charge in [0.15, 0.2) is 0 Å². The second kappa shape index (κ2) is 7.04. The van der Waals surface area contributed by atoms with Crippen LogP contribution in [0.3, 0.4) is 0 Å². The summed E-state index contributed by atoms with van der Waals surface area (Å²) >= 11 is 0. The molecule has 2 atom stereocenters. The lowest BCUT2D eigenvalue weighted by molar-refractivity contribution is -0.143. The minimum Gasteiger partial charge on any atom is -0.481 e. The van der Waals surface area contributed by atoms with Crippen molar-refractivity contribution in [1.29, 1.82) is 0 Å². The molecule has 0 bridgehead atoms. The smallest absolute Gasteiger partial charge is 0.326 e. The molecule has 1 unspecified atom stereocenters. The lowest BCUT2D eigenvalue weighted by atomic mass is 9.95. The second-order valence-corrected chi connectivity index (χ2v) is 5.24. The highest BCUT2D eigenvalue weighted by Crippen LogP contribution is 2.16. The number of aliphatic carboxylic acids is 2. The highest BCUT2D eigenvalue weighted by molar-refractivity contribution is 5.87.